The quantitative estimate of drug-likeness (QED) is 0.921. The summed E-state index contributed by atoms with van der Waals surface area (Å²) in [6, 6.07) is 9.58. The van der Waals surface area contributed by atoms with Gasteiger partial charge in [0.05, 0.1) is 12.6 Å². The summed E-state index contributed by atoms with van der Waals surface area (Å²) in [6.45, 7) is 1.01. The summed E-state index contributed by atoms with van der Waals surface area (Å²) in [4.78, 5) is 25.8. The molecule has 0 bridgehead atoms. The minimum absolute atomic E-state index is 0.0374. The third-order valence-electron chi connectivity index (χ3n) is 4.43. The highest BCUT2D eigenvalue weighted by Crippen LogP contribution is 2.24. The maximum atomic E-state index is 12.1. The van der Waals surface area contributed by atoms with E-state index in [4.69, 9.17) is 4.74 Å². The molecule has 0 spiro atoms. The van der Waals surface area contributed by atoms with Crippen LogP contribution in [0.3, 0.4) is 0 Å². The minimum Gasteiger partial charge on any atom is -0.365 e. The fourth-order valence-corrected chi connectivity index (χ4v) is 3.15. The minimum atomic E-state index is -0.150. The van der Waals surface area contributed by atoms with Gasteiger partial charge in [-0.15, -0.1) is 0 Å². The summed E-state index contributed by atoms with van der Waals surface area (Å²) < 4.78 is 5.55. The van der Waals surface area contributed by atoms with Crippen molar-refractivity contribution in [1.82, 2.24) is 5.32 Å². The van der Waals surface area contributed by atoms with Crippen LogP contribution in [0, 0.1) is 5.92 Å². The van der Waals surface area contributed by atoms with Crippen molar-refractivity contribution in [2.24, 2.45) is 5.92 Å². The van der Waals surface area contributed by atoms with Crippen LogP contribution in [0.15, 0.2) is 30.3 Å². The zero-order valence-corrected chi connectivity index (χ0v) is 12.7. The van der Waals surface area contributed by atoms with Gasteiger partial charge in [0.1, 0.15) is 6.61 Å². The van der Waals surface area contributed by atoms with E-state index in [1.54, 1.807) is 4.90 Å². The molecule has 1 aliphatic carbocycles. The van der Waals surface area contributed by atoms with Gasteiger partial charge in [-0.25, -0.2) is 0 Å². The molecule has 1 aromatic rings. The Balaban J connectivity index is 1.54. The van der Waals surface area contributed by atoms with E-state index < -0.39 is 0 Å². The van der Waals surface area contributed by atoms with E-state index in [9.17, 15) is 9.59 Å². The van der Waals surface area contributed by atoms with Gasteiger partial charge in [0.25, 0.3) is 5.91 Å². The Morgan fingerprint density at radius 1 is 1.23 bits per heavy atom. The van der Waals surface area contributed by atoms with Crippen LogP contribution in [-0.2, 0) is 14.3 Å². The van der Waals surface area contributed by atoms with E-state index in [0.717, 1.165) is 31.4 Å². The lowest BCUT2D eigenvalue weighted by molar-refractivity contribution is -0.130. The van der Waals surface area contributed by atoms with Gasteiger partial charge in [-0.3, -0.25) is 9.59 Å². The second-order valence-electron chi connectivity index (χ2n) is 6.00. The summed E-state index contributed by atoms with van der Waals surface area (Å²) in [5, 5.41) is 2.98. The fraction of sp³-hybridized carbons (Fsp3) is 0.529. The number of amides is 2. The number of carbonyl (C=O) groups excluding carboxylic acids is 2. The molecule has 1 aliphatic heterocycles. The van der Waals surface area contributed by atoms with E-state index >= 15 is 0 Å². The second kappa shape index (κ2) is 6.92. The molecule has 22 heavy (non-hydrogen) atoms. The zero-order valence-electron chi connectivity index (χ0n) is 12.7. The first-order valence-electron chi connectivity index (χ1n) is 7.99. The molecule has 1 saturated heterocycles. The van der Waals surface area contributed by atoms with Crippen LogP contribution >= 0.6 is 0 Å². The number of benzene rings is 1. The zero-order chi connectivity index (χ0) is 15.4. The Morgan fingerprint density at radius 2 is 1.95 bits per heavy atom. The number of para-hydroxylation sites is 1. The molecule has 1 unspecified atom stereocenters. The van der Waals surface area contributed by atoms with Crippen LogP contribution in [-0.4, -0.2) is 37.6 Å². The van der Waals surface area contributed by atoms with Gasteiger partial charge in [0.2, 0.25) is 5.91 Å². The van der Waals surface area contributed by atoms with E-state index in [0.29, 0.717) is 13.1 Å². The lowest BCUT2D eigenvalue weighted by Gasteiger charge is -2.33. The lowest BCUT2D eigenvalue weighted by Crippen LogP contribution is -2.51. The number of nitrogens with one attached hydrogen (secondary N) is 1. The molecule has 1 N–H and O–H groups in total. The van der Waals surface area contributed by atoms with Crippen LogP contribution in [0.5, 0.6) is 0 Å². The van der Waals surface area contributed by atoms with Crippen molar-refractivity contribution in [2.45, 2.75) is 31.8 Å². The highest BCUT2D eigenvalue weighted by atomic mass is 16.5. The number of carbonyl (C=O) groups is 2. The number of nitrogens with zero attached hydrogens (tertiary/aromatic N) is 1. The van der Waals surface area contributed by atoms with Gasteiger partial charge >= 0.3 is 0 Å². The lowest BCUT2D eigenvalue weighted by atomic mass is 10.1. The van der Waals surface area contributed by atoms with Gasteiger partial charge in [0.15, 0.2) is 0 Å². The van der Waals surface area contributed by atoms with Crippen LogP contribution in [0.25, 0.3) is 0 Å². The Morgan fingerprint density at radius 3 is 2.68 bits per heavy atom. The maximum Gasteiger partial charge on any atom is 0.253 e. The van der Waals surface area contributed by atoms with Crippen LogP contribution in [0.1, 0.15) is 25.7 Å². The first-order valence-corrected chi connectivity index (χ1v) is 7.99. The van der Waals surface area contributed by atoms with Gasteiger partial charge in [-0.1, -0.05) is 31.0 Å². The molecule has 1 heterocycles. The third-order valence-corrected chi connectivity index (χ3v) is 4.43. The summed E-state index contributed by atoms with van der Waals surface area (Å²) in [5.74, 6) is 0.254. The molecule has 5 nitrogen and oxygen atoms in total. The highest BCUT2D eigenvalue weighted by Gasteiger charge is 2.29. The molecule has 1 aromatic carbocycles. The summed E-state index contributed by atoms with van der Waals surface area (Å²) in [5.41, 5.74) is 0.878. The van der Waals surface area contributed by atoms with Gasteiger partial charge in [0, 0.05) is 18.2 Å². The molecular weight excluding hydrogens is 280 g/mol. The van der Waals surface area contributed by atoms with Gasteiger partial charge in [-0.05, 0) is 25.0 Å². The number of anilines is 1. The summed E-state index contributed by atoms with van der Waals surface area (Å²) >= 11 is 0. The van der Waals surface area contributed by atoms with E-state index in [1.165, 1.54) is 0 Å². The molecule has 118 valence electrons. The molecule has 2 fully saturated rings. The standard InChI is InChI=1S/C17H22N2O3/c20-16-12-22-15(10-18-17(21)13-6-4-5-7-13)11-19(16)14-8-2-1-3-9-14/h1-3,8-9,13,15H,4-7,10-12H2,(H,18,21). The molecule has 0 aromatic heterocycles. The maximum absolute atomic E-state index is 12.1. The van der Waals surface area contributed by atoms with Gasteiger partial charge in [-0.2, -0.15) is 0 Å². The molecule has 3 rings (SSSR count). The Labute approximate surface area is 130 Å². The molecule has 1 atom stereocenters. The van der Waals surface area contributed by atoms with Crippen molar-refractivity contribution in [1.29, 1.82) is 0 Å². The number of hydrogen-bond donors (Lipinski definition) is 1. The predicted molar refractivity (Wildman–Crippen MR) is 83.5 cm³/mol. The normalized spacial score (nSPS) is 22.8. The smallest absolute Gasteiger partial charge is 0.253 e. The van der Waals surface area contributed by atoms with Crippen molar-refractivity contribution in [3.8, 4) is 0 Å². The number of ether oxygens (including phenoxy) is 1. The van der Waals surface area contributed by atoms with Crippen LogP contribution in [0.2, 0.25) is 0 Å². The molecule has 0 radical (unpaired) electrons. The SMILES string of the molecule is O=C(NCC1CN(c2ccccc2)C(=O)CO1)C1CCCC1. The van der Waals surface area contributed by atoms with Crippen molar-refractivity contribution < 1.29 is 14.3 Å². The van der Waals surface area contributed by atoms with E-state index in [2.05, 4.69) is 5.32 Å². The number of hydrogen-bond acceptors (Lipinski definition) is 3. The Bertz CT molecular complexity index is 526. The van der Waals surface area contributed by atoms with Crippen LogP contribution in [0.4, 0.5) is 5.69 Å². The summed E-state index contributed by atoms with van der Waals surface area (Å²) in [7, 11) is 0. The van der Waals surface area contributed by atoms with Crippen molar-refractivity contribution in [2.75, 3.05) is 24.6 Å². The Hall–Kier alpha value is -1.88. The number of morpholine rings is 1. The van der Waals surface area contributed by atoms with Crippen molar-refractivity contribution in [3.63, 3.8) is 0 Å². The fourth-order valence-electron chi connectivity index (χ4n) is 3.15. The average molecular weight is 302 g/mol. The largest absolute Gasteiger partial charge is 0.365 e. The summed E-state index contributed by atoms with van der Waals surface area (Å²) in [6.07, 6.45) is 4.13. The molecule has 1 saturated carbocycles. The molecular formula is C17H22N2O3. The van der Waals surface area contributed by atoms with Crippen molar-refractivity contribution >= 4 is 17.5 Å². The number of rotatable bonds is 4. The first-order chi connectivity index (χ1) is 10.7. The van der Waals surface area contributed by atoms with Crippen molar-refractivity contribution in [3.05, 3.63) is 30.3 Å². The third kappa shape index (κ3) is 3.47. The van der Waals surface area contributed by atoms with Gasteiger partial charge < -0.3 is 15.0 Å². The van der Waals surface area contributed by atoms with Crippen LogP contribution < -0.4 is 10.2 Å². The second-order valence-corrected chi connectivity index (χ2v) is 6.00. The topological polar surface area (TPSA) is 58.6 Å². The monoisotopic (exact) mass is 302 g/mol. The Kier molecular flexibility index (Phi) is 4.73. The molecule has 2 amide bonds. The highest BCUT2D eigenvalue weighted by molar-refractivity contribution is 5.95. The molecule has 2 aliphatic rings. The molecule has 5 heteroatoms. The predicted octanol–water partition coefficient (Wildman–Crippen LogP) is 1.72. The van der Waals surface area contributed by atoms with E-state index in [-0.39, 0.29) is 30.4 Å². The van der Waals surface area contributed by atoms with E-state index in [1.807, 2.05) is 30.3 Å². The average Bonchev–Trinajstić information content (AvgIpc) is 3.09. The first kappa shape index (κ1) is 15.0.